The number of amides is 3. The van der Waals surface area contributed by atoms with Gasteiger partial charge in [-0.05, 0) is 81.8 Å². The Labute approximate surface area is 235 Å². The molecule has 0 bridgehead atoms. The third-order valence-corrected chi connectivity index (χ3v) is 7.22. The predicted molar refractivity (Wildman–Crippen MR) is 151 cm³/mol. The lowest BCUT2D eigenvalue weighted by Gasteiger charge is -2.36. The molecule has 0 heterocycles. The predicted octanol–water partition coefficient (Wildman–Crippen LogP) is 4.71. The third kappa shape index (κ3) is 8.13. The van der Waals surface area contributed by atoms with Crippen LogP contribution in [0.4, 0.5) is 4.79 Å². The summed E-state index contributed by atoms with van der Waals surface area (Å²) in [5, 5.41) is 25.9. The van der Waals surface area contributed by atoms with Crippen molar-refractivity contribution in [3.05, 3.63) is 59.7 Å². The summed E-state index contributed by atoms with van der Waals surface area (Å²) in [5.41, 5.74) is 0.467. The molecular formula is C31H41N3O6. The van der Waals surface area contributed by atoms with Gasteiger partial charge in [-0.1, -0.05) is 43.5 Å². The van der Waals surface area contributed by atoms with Gasteiger partial charge in [0.05, 0.1) is 0 Å². The number of benzene rings is 2. The molecule has 2 aliphatic rings. The van der Waals surface area contributed by atoms with Gasteiger partial charge in [0.15, 0.2) is 0 Å². The number of phenols is 2. The fraction of sp³-hybridized carbons (Fsp3) is 0.516. The Morgan fingerprint density at radius 1 is 0.950 bits per heavy atom. The Morgan fingerprint density at radius 2 is 1.62 bits per heavy atom. The van der Waals surface area contributed by atoms with Gasteiger partial charge in [-0.15, -0.1) is 0 Å². The number of phenolic OH excluding ortho intramolecular Hbond substituents is 2. The number of nitrogens with zero attached hydrogens (tertiary/aromatic N) is 1. The first-order valence-corrected chi connectivity index (χ1v) is 14.2. The van der Waals surface area contributed by atoms with Gasteiger partial charge in [0, 0.05) is 18.5 Å². The number of hydrogen-bond donors (Lipinski definition) is 4. The average Bonchev–Trinajstić information content (AvgIpc) is 3.72. The molecule has 0 saturated heterocycles. The molecule has 0 radical (unpaired) electrons. The molecule has 0 aliphatic heterocycles. The van der Waals surface area contributed by atoms with E-state index in [1.807, 2.05) is 0 Å². The van der Waals surface area contributed by atoms with Crippen molar-refractivity contribution in [1.82, 2.24) is 15.5 Å². The van der Waals surface area contributed by atoms with Crippen LogP contribution in [-0.4, -0.2) is 56.7 Å². The van der Waals surface area contributed by atoms with E-state index in [2.05, 4.69) is 10.6 Å². The molecule has 216 valence electrons. The number of carbonyl (C=O) groups excluding carboxylic acids is 3. The number of rotatable bonds is 9. The van der Waals surface area contributed by atoms with Crippen LogP contribution in [0, 0.1) is 0 Å². The van der Waals surface area contributed by atoms with Crippen LogP contribution in [0.2, 0.25) is 0 Å². The lowest BCUT2D eigenvalue weighted by atomic mass is 9.94. The van der Waals surface area contributed by atoms with Gasteiger partial charge in [0.25, 0.3) is 0 Å². The molecule has 2 unspecified atom stereocenters. The highest BCUT2D eigenvalue weighted by atomic mass is 16.6. The largest absolute Gasteiger partial charge is 0.508 e. The summed E-state index contributed by atoms with van der Waals surface area (Å²) in [6.07, 6.45) is 5.87. The fourth-order valence-corrected chi connectivity index (χ4v) is 5.23. The summed E-state index contributed by atoms with van der Waals surface area (Å²) in [5.74, 6) is -0.606. The smallest absolute Gasteiger partial charge is 0.408 e. The third-order valence-electron chi connectivity index (χ3n) is 7.22. The summed E-state index contributed by atoms with van der Waals surface area (Å²) in [7, 11) is 0. The second-order valence-corrected chi connectivity index (χ2v) is 11.9. The first kappa shape index (κ1) is 29.2. The zero-order valence-electron chi connectivity index (χ0n) is 23.6. The zero-order chi connectivity index (χ0) is 28.9. The quantitative estimate of drug-likeness (QED) is 0.357. The molecule has 2 fully saturated rings. The van der Waals surface area contributed by atoms with E-state index < -0.39 is 29.7 Å². The van der Waals surface area contributed by atoms with Crippen molar-refractivity contribution in [1.29, 1.82) is 0 Å². The van der Waals surface area contributed by atoms with Crippen molar-refractivity contribution in [2.75, 3.05) is 0 Å². The SMILES string of the molecule is CC(C)(C)OC(=O)NC(Cc1ccc(O)cc1)C(=O)N(C1CC1)C(C(=O)NC1CCCCC1)c1cccc(O)c1. The van der Waals surface area contributed by atoms with Crippen molar-refractivity contribution in [3.63, 3.8) is 0 Å². The molecule has 0 spiro atoms. The molecule has 3 amide bonds. The molecule has 40 heavy (non-hydrogen) atoms. The Balaban J connectivity index is 1.67. The van der Waals surface area contributed by atoms with Crippen LogP contribution in [-0.2, 0) is 20.7 Å². The van der Waals surface area contributed by atoms with Crippen LogP contribution in [0.25, 0.3) is 0 Å². The van der Waals surface area contributed by atoms with Gasteiger partial charge in [0.1, 0.15) is 29.2 Å². The molecule has 2 aromatic rings. The minimum Gasteiger partial charge on any atom is -0.508 e. The van der Waals surface area contributed by atoms with E-state index >= 15 is 0 Å². The summed E-state index contributed by atoms with van der Waals surface area (Å²) in [6, 6.07) is 10.7. The standard InChI is InChI=1S/C31H41N3O6/c1-31(2,3)40-30(39)33-26(18-20-12-16-24(35)17-13-20)29(38)34(23-14-15-23)27(21-8-7-11-25(36)19-21)28(37)32-22-9-5-4-6-10-22/h7-8,11-13,16-17,19,22-23,26-27,35-36H,4-6,9-10,14-15,18H2,1-3H3,(H,32,37)(H,33,39). The van der Waals surface area contributed by atoms with Crippen molar-refractivity contribution >= 4 is 17.9 Å². The van der Waals surface area contributed by atoms with Crippen LogP contribution in [0.3, 0.4) is 0 Å². The molecule has 2 saturated carbocycles. The average molecular weight is 552 g/mol. The first-order chi connectivity index (χ1) is 19.0. The second-order valence-electron chi connectivity index (χ2n) is 11.9. The number of carbonyl (C=O) groups is 3. The molecule has 2 atom stereocenters. The van der Waals surface area contributed by atoms with Crippen LogP contribution < -0.4 is 10.6 Å². The molecule has 9 heteroatoms. The molecule has 2 aliphatic carbocycles. The van der Waals surface area contributed by atoms with Gasteiger partial charge in [-0.2, -0.15) is 0 Å². The molecule has 0 aromatic heterocycles. The van der Waals surface area contributed by atoms with Crippen LogP contribution in [0.1, 0.15) is 82.9 Å². The highest BCUT2D eigenvalue weighted by molar-refractivity contribution is 5.93. The zero-order valence-corrected chi connectivity index (χ0v) is 23.6. The number of aromatic hydroxyl groups is 2. The molecular weight excluding hydrogens is 510 g/mol. The highest BCUT2D eigenvalue weighted by Crippen LogP contribution is 2.37. The monoisotopic (exact) mass is 551 g/mol. The Kier molecular flexibility index (Phi) is 9.22. The van der Waals surface area contributed by atoms with Crippen molar-refractivity contribution in [2.45, 2.75) is 102 Å². The van der Waals surface area contributed by atoms with Crippen LogP contribution in [0.15, 0.2) is 48.5 Å². The van der Waals surface area contributed by atoms with E-state index in [9.17, 15) is 24.6 Å². The van der Waals surface area contributed by atoms with Crippen LogP contribution >= 0.6 is 0 Å². The number of hydrogen-bond acceptors (Lipinski definition) is 6. The summed E-state index contributed by atoms with van der Waals surface area (Å²) in [6.45, 7) is 5.23. The van der Waals surface area contributed by atoms with Gasteiger partial charge in [0.2, 0.25) is 11.8 Å². The van der Waals surface area contributed by atoms with Gasteiger partial charge >= 0.3 is 6.09 Å². The first-order valence-electron chi connectivity index (χ1n) is 14.2. The molecule has 4 rings (SSSR count). The maximum Gasteiger partial charge on any atom is 0.408 e. The van der Waals surface area contributed by atoms with Gasteiger partial charge in [-0.3, -0.25) is 9.59 Å². The van der Waals surface area contributed by atoms with E-state index in [0.29, 0.717) is 5.56 Å². The lowest BCUT2D eigenvalue weighted by Crippen LogP contribution is -2.55. The van der Waals surface area contributed by atoms with E-state index in [0.717, 1.165) is 50.5 Å². The number of ether oxygens (including phenoxy) is 1. The van der Waals surface area contributed by atoms with E-state index in [1.165, 1.54) is 24.3 Å². The normalized spacial score (nSPS) is 17.4. The van der Waals surface area contributed by atoms with Crippen molar-refractivity contribution < 1.29 is 29.3 Å². The van der Waals surface area contributed by atoms with Gasteiger partial charge < -0.3 is 30.5 Å². The van der Waals surface area contributed by atoms with Gasteiger partial charge in [-0.25, -0.2) is 4.79 Å². The van der Waals surface area contributed by atoms with E-state index in [1.54, 1.807) is 49.9 Å². The Hall–Kier alpha value is -3.75. The van der Waals surface area contributed by atoms with E-state index in [-0.39, 0.29) is 35.9 Å². The minimum absolute atomic E-state index is 0.00341. The topological polar surface area (TPSA) is 128 Å². The van der Waals surface area contributed by atoms with E-state index in [4.69, 9.17) is 4.74 Å². The summed E-state index contributed by atoms with van der Waals surface area (Å²) >= 11 is 0. The minimum atomic E-state index is -1.03. The molecule has 4 N–H and O–H groups in total. The second kappa shape index (κ2) is 12.6. The molecule has 2 aromatic carbocycles. The lowest BCUT2D eigenvalue weighted by molar-refractivity contribution is -0.143. The maximum absolute atomic E-state index is 14.4. The van der Waals surface area contributed by atoms with Crippen molar-refractivity contribution in [3.8, 4) is 11.5 Å². The number of alkyl carbamates (subject to hydrolysis) is 1. The molecule has 9 nitrogen and oxygen atoms in total. The summed E-state index contributed by atoms with van der Waals surface area (Å²) < 4.78 is 5.47. The number of nitrogens with one attached hydrogen (secondary N) is 2. The van der Waals surface area contributed by atoms with Crippen molar-refractivity contribution in [2.24, 2.45) is 0 Å². The maximum atomic E-state index is 14.4. The highest BCUT2D eigenvalue weighted by Gasteiger charge is 2.44. The summed E-state index contributed by atoms with van der Waals surface area (Å²) in [4.78, 5) is 42.7. The fourth-order valence-electron chi connectivity index (χ4n) is 5.23. The Bertz CT molecular complexity index is 1180. The van der Waals surface area contributed by atoms with Crippen LogP contribution in [0.5, 0.6) is 11.5 Å². The Morgan fingerprint density at radius 3 is 2.23 bits per heavy atom.